The summed E-state index contributed by atoms with van der Waals surface area (Å²) in [5.74, 6) is 5.61. The molecule has 90 valence electrons. The molecule has 0 aromatic carbocycles. The van der Waals surface area contributed by atoms with Gasteiger partial charge in [0, 0.05) is 4.88 Å². The van der Waals surface area contributed by atoms with E-state index in [0.717, 1.165) is 29.5 Å². The Morgan fingerprint density at radius 1 is 1.29 bits per heavy atom. The third-order valence-corrected chi connectivity index (χ3v) is 4.40. The van der Waals surface area contributed by atoms with Gasteiger partial charge in [-0.15, -0.1) is 11.3 Å². The van der Waals surface area contributed by atoms with Gasteiger partial charge in [-0.3, -0.25) is 15.2 Å². The van der Waals surface area contributed by atoms with Gasteiger partial charge in [0.25, 0.3) is 5.56 Å². The second-order valence-corrected chi connectivity index (χ2v) is 5.39. The number of nitrogens with zero attached hydrogens (tertiary/aromatic N) is 1. The monoisotopic (exact) mass is 250 g/mol. The maximum Gasteiger partial charge on any atom is 0.261 e. The first-order valence-corrected chi connectivity index (χ1v) is 6.62. The number of hydrogen-bond donors (Lipinski definition) is 3. The number of aryl methyl sites for hydroxylation is 2. The lowest BCUT2D eigenvalue weighted by Crippen LogP contribution is -2.16. The summed E-state index contributed by atoms with van der Waals surface area (Å²) in [6.07, 6.45) is 5.68. The highest BCUT2D eigenvalue weighted by molar-refractivity contribution is 7.18. The molecule has 0 fully saturated rings. The van der Waals surface area contributed by atoms with Crippen molar-refractivity contribution in [2.45, 2.75) is 32.1 Å². The highest BCUT2D eigenvalue weighted by atomic mass is 32.1. The molecule has 5 nitrogen and oxygen atoms in total. The van der Waals surface area contributed by atoms with Gasteiger partial charge < -0.3 is 0 Å². The minimum Gasteiger partial charge on any atom is -0.294 e. The third kappa shape index (κ3) is 1.73. The summed E-state index contributed by atoms with van der Waals surface area (Å²) in [6.45, 7) is 0. The van der Waals surface area contributed by atoms with Crippen LogP contribution in [0.5, 0.6) is 0 Å². The number of nitrogens with two attached hydrogens (primary N) is 1. The number of aromatic nitrogens is 2. The quantitative estimate of drug-likeness (QED) is 0.407. The van der Waals surface area contributed by atoms with Gasteiger partial charge in [0.05, 0.1) is 5.39 Å². The highest BCUT2D eigenvalue weighted by Crippen LogP contribution is 2.32. The van der Waals surface area contributed by atoms with Crippen LogP contribution in [0, 0.1) is 0 Å². The minimum atomic E-state index is -0.0812. The van der Waals surface area contributed by atoms with Crippen LogP contribution in [0.1, 0.15) is 29.7 Å². The average molecular weight is 250 g/mol. The van der Waals surface area contributed by atoms with Gasteiger partial charge in [-0.05, 0) is 31.2 Å². The van der Waals surface area contributed by atoms with E-state index in [1.54, 1.807) is 11.3 Å². The van der Waals surface area contributed by atoms with Crippen molar-refractivity contribution in [3.63, 3.8) is 0 Å². The van der Waals surface area contributed by atoms with E-state index in [1.807, 2.05) is 0 Å². The first-order valence-electron chi connectivity index (χ1n) is 5.81. The van der Waals surface area contributed by atoms with Gasteiger partial charge >= 0.3 is 0 Å². The fourth-order valence-electron chi connectivity index (χ4n) is 2.41. The van der Waals surface area contributed by atoms with E-state index in [-0.39, 0.29) is 5.56 Å². The van der Waals surface area contributed by atoms with Gasteiger partial charge in [0.15, 0.2) is 0 Å². The molecule has 0 aliphatic heterocycles. The fourth-order valence-corrected chi connectivity index (χ4v) is 3.67. The number of nitrogen functional groups attached to an aromatic ring is 1. The van der Waals surface area contributed by atoms with Crippen LogP contribution < -0.4 is 16.8 Å². The Morgan fingerprint density at radius 2 is 2.12 bits per heavy atom. The predicted octanol–water partition coefficient (Wildman–Crippen LogP) is 1.54. The maximum atomic E-state index is 12.0. The third-order valence-electron chi connectivity index (χ3n) is 3.21. The molecule has 0 saturated carbocycles. The predicted molar refractivity (Wildman–Crippen MR) is 69.3 cm³/mol. The number of fused-ring (bicyclic) bond motifs is 3. The summed E-state index contributed by atoms with van der Waals surface area (Å²) in [6, 6.07) is 0. The van der Waals surface area contributed by atoms with Gasteiger partial charge in [-0.1, -0.05) is 6.42 Å². The zero-order valence-electron chi connectivity index (χ0n) is 9.38. The van der Waals surface area contributed by atoms with Crippen LogP contribution in [0.15, 0.2) is 4.79 Å². The molecule has 0 radical (unpaired) electrons. The topological polar surface area (TPSA) is 83.8 Å². The van der Waals surface area contributed by atoms with E-state index in [4.69, 9.17) is 5.84 Å². The lowest BCUT2D eigenvalue weighted by atomic mass is 10.1. The number of H-pyrrole nitrogens is 1. The van der Waals surface area contributed by atoms with Crippen LogP contribution in [0.25, 0.3) is 10.2 Å². The van der Waals surface area contributed by atoms with Gasteiger partial charge in [-0.2, -0.15) is 0 Å². The molecule has 4 N–H and O–H groups in total. The molecule has 0 atom stereocenters. The molecule has 6 heteroatoms. The second kappa shape index (κ2) is 4.12. The summed E-state index contributed by atoms with van der Waals surface area (Å²) >= 11 is 1.63. The van der Waals surface area contributed by atoms with Crippen LogP contribution in [0.4, 0.5) is 5.95 Å². The number of anilines is 1. The van der Waals surface area contributed by atoms with E-state index < -0.39 is 0 Å². The smallest absolute Gasteiger partial charge is 0.261 e. The second-order valence-electron chi connectivity index (χ2n) is 4.30. The molecule has 2 aromatic heterocycles. The van der Waals surface area contributed by atoms with Crippen LogP contribution in [-0.2, 0) is 12.8 Å². The van der Waals surface area contributed by atoms with E-state index in [1.165, 1.54) is 23.3 Å². The standard InChI is InChI=1S/C11H14N4OS/c12-15-11-13-9(16)8-6-4-2-1-3-5-7(6)17-10(8)14-11/h1-5,12H2,(H2,13,14,15,16). The SMILES string of the molecule is NNc1nc2sc3c(c2c(=O)[nH]1)CCCCC3. The van der Waals surface area contributed by atoms with Crippen molar-refractivity contribution >= 4 is 27.5 Å². The molecule has 3 rings (SSSR count). The van der Waals surface area contributed by atoms with Crippen molar-refractivity contribution in [1.82, 2.24) is 9.97 Å². The Hall–Kier alpha value is -1.40. The number of hydrazine groups is 1. The number of rotatable bonds is 1. The molecule has 0 amide bonds. The fraction of sp³-hybridized carbons (Fsp3) is 0.455. The molecule has 0 bridgehead atoms. The Morgan fingerprint density at radius 3 is 2.94 bits per heavy atom. The summed E-state index contributed by atoms with van der Waals surface area (Å²) in [5.41, 5.74) is 3.52. The van der Waals surface area contributed by atoms with Crippen molar-refractivity contribution in [3.05, 3.63) is 20.8 Å². The molecule has 0 spiro atoms. The van der Waals surface area contributed by atoms with E-state index in [0.29, 0.717) is 5.95 Å². The lowest BCUT2D eigenvalue weighted by molar-refractivity contribution is 0.713. The van der Waals surface area contributed by atoms with Crippen molar-refractivity contribution in [3.8, 4) is 0 Å². The molecule has 1 aliphatic rings. The number of thiophene rings is 1. The summed E-state index contributed by atoms with van der Waals surface area (Å²) < 4.78 is 0. The number of nitrogens with one attached hydrogen (secondary N) is 2. The molecular formula is C11H14N4OS. The van der Waals surface area contributed by atoms with Gasteiger partial charge in [0.1, 0.15) is 4.83 Å². The Kier molecular flexibility index (Phi) is 2.60. The normalized spacial score (nSPS) is 15.6. The van der Waals surface area contributed by atoms with Gasteiger partial charge in [0.2, 0.25) is 5.95 Å². The van der Waals surface area contributed by atoms with Crippen LogP contribution in [0.2, 0.25) is 0 Å². The first kappa shape index (κ1) is 10.7. The molecule has 0 unspecified atom stereocenters. The first-order chi connectivity index (χ1) is 8.29. The lowest BCUT2D eigenvalue weighted by Gasteiger charge is -1.99. The Labute approximate surface area is 102 Å². The molecule has 2 heterocycles. The molecule has 1 aliphatic carbocycles. The zero-order valence-corrected chi connectivity index (χ0v) is 10.2. The number of hydrogen-bond acceptors (Lipinski definition) is 5. The van der Waals surface area contributed by atoms with Gasteiger partial charge in [-0.25, -0.2) is 10.8 Å². The minimum absolute atomic E-state index is 0.0812. The van der Waals surface area contributed by atoms with E-state index >= 15 is 0 Å². The van der Waals surface area contributed by atoms with Crippen LogP contribution in [0.3, 0.4) is 0 Å². The molecule has 0 saturated heterocycles. The maximum absolute atomic E-state index is 12.0. The Balaban J connectivity index is 2.28. The zero-order chi connectivity index (χ0) is 11.8. The van der Waals surface area contributed by atoms with Crippen molar-refractivity contribution in [2.75, 3.05) is 5.43 Å². The molecule has 2 aromatic rings. The van der Waals surface area contributed by atoms with E-state index in [2.05, 4.69) is 15.4 Å². The number of aromatic amines is 1. The van der Waals surface area contributed by atoms with Crippen molar-refractivity contribution in [1.29, 1.82) is 0 Å². The van der Waals surface area contributed by atoms with Crippen LogP contribution in [-0.4, -0.2) is 9.97 Å². The summed E-state index contributed by atoms with van der Waals surface area (Å²) in [7, 11) is 0. The summed E-state index contributed by atoms with van der Waals surface area (Å²) in [5, 5.41) is 0.769. The summed E-state index contributed by atoms with van der Waals surface area (Å²) in [4.78, 5) is 21.1. The van der Waals surface area contributed by atoms with Crippen LogP contribution >= 0.6 is 11.3 Å². The highest BCUT2D eigenvalue weighted by Gasteiger charge is 2.18. The molecule has 17 heavy (non-hydrogen) atoms. The van der Waals surface area contributed by atoms with E-state index in [9.17, 15) is 4.79 Å². The average Bonchev–Trinajstić information content (AvgIpc) is 2.52. The largest absolute Gasteiger partial charge is 0.294 e. The Bertz CT molecular complexity index is 616. The molecular weight excluding hydrogens is 236 g/mol. The van der Waals surface area contributed by atoms with Crippen molar-refractivity contribution in [2.24, 2.45) is 5.84 Å². The van der Waals surface area contributed by atoms with Crippen molar-refractivity contribution < 1.29 is 0 Å².